The summed E-state index contributed by atoms with van der Waals surface area (Å²) >= 11 is 0. The summed E-state index contributed by atoms with van der Waals surface area (Å²) in [4.78, 5) is 27.8. The van der Waals surface area contributed by atoms with Gasteiger partial charge in [0.1, 0.15) is 6.10 Å². The van der Waals surface area contributed by atoms with Crippen molar-refractivity contribution in [2.24, 2.45) is 5.92 Å². The fraction of sp³-hybridized carbons (Fsp3) is 0.500. The molecule has 2 aromatic rings. The highest BCUT2D eigenvalue weighted by Gasteiger charge is 2.40. The zero-order valence-electron chi connectivity index (χ0n) is 17.2. The van der Waals surface area contributed by atoms with E-state index in [0.29, 0.717) is 25.0 Å². The molecule has 3 aliphatic rings. The number of rotatable bonds is 5. The summed E-state index contributed by atoms with van der Waals surface area (Å²) in [6.07, 6.45) is 2.44. The van der Waals surface area contributed by atoms with Gasteiger partial charge >= 0.3 is 0 Å². The van der Waals surface area contributed by atoms with Crippen LogP contribution in [-0.4, -0.2) is 47.7 Å². The molecule has 6 nitrogen and oxygen atoms in total. The first-order valence-electron chi connectivity index (χ1n) is 11.1. The van der Waals surface area contributed by atoms with E-state index in [9.17, 15) is 9.59 Å². The Kier molecular flexibility index (Phi) is 5.44. The van der Waals surface area contributed by atoms with Crippen molar-refractivity contribution in [2.75, 3.05) is 26.2 Å². The Morgan fingerprint density at radius 2 is 1.97 bits per heavy atom. The molecule has 3 aliphatic heterocycles. The van der Waals surface area contributed by atoms with E-state index in [1.807, 2.05) is 16.7 Å². The number of fused-ring (bicyclic) bond motifs is 4. The van der Waals surface area contributed by atoms with Gasteiger partial charge in [-0.05, 0) is 36.8 Å². The molecule has 0 spiro atoms. The van der Waals surface area contributed by atoms with Gasteiger partial charge < -0.3 is 14.6 Å². The summed E-state index contributed by atoms with van der Waals surface area (Å²) in [5.74, 6) is 0.647. The molecule has 4 atom stereocenters. The molecule has 0 aliphatic carbocycles. The van der Waals surface area contributed by atoms with Crippen molar-refractivity contribution in [3.63, 3.8) is 0 Å². The Labute approximate surface area is 176 Å². The van der Waals surface area contributed by atoms with Crippen molar-refractivity contribution >= 4 is 5.91 Å². The molecule has 1 aromatic heterocycles. The van der Waals surface area contributed by atoms with E-state index in [2.05, 4.69) is 40.5 Å². The van der Waals surface area contributed by atoms with E-state index >= 15 is 0 Å². The maximum atomic E-state index is 12.8. The second-order valence-corrected chi connectivity index (χ2v) is 8.85. The SMILES string of the molecule is O=C(NC[C@H]1[C@H]2C[C@H](CN(Cc3ccccc3)C2)c2cccc(=O)n21)[C@H]1CCCO1. The molecule has 4 heterocycles. The molecule has 2 bridgehead atoms. The molecule has 1 amide bonds. The van der Waals surface area contributed by atoms with Crippen LogP contribution in [-0.2, 0) is 16.1 Å². The van der Waals surface area contributed by atoms with E-state index in [1.165, 1.54) is 5.56 Å². The van der Waals surface area contributed by atoms with Crippen LogP contribution in [0.15, 0.2) is 53.3 Å². The van der Waals surface area contributed by atoms with Crippen LogP contribution in [0, 0.1) is 5.92 Å². The average Bonchev–Trinajstić information content (AvgIpc) is 3.30. The predicted octanol–water partition coefficient (Wildman–Crippen LogP) is 2.30. The smallest absolute Gasteiger partial charge is 0.251 e. The van der Waals surface area contributed by atoms with Gasteiger partial charge in [0.05, 0.1) is 6.04 Å². The van der Waals surface area contributed by atoms with Crippen molar-refractivity contribution in [3.05, 3.63) is 70.1 Å². The maximum Gasteiger partial charge on any atom is 0.251 e. The van der Waals surface area contributed by atoms with Gasteiger partial charge in [0, 0.05) is 50.5 Å². The minimum absolute atomic E-state index is 0.0196. The van der Waals surface area contributed by atoms with Gasteiger partial charge in [-0.3, -0.25) is 14.5 Å². The molecule has 6 heteroatoms. The zero-order valence-corrected chi connectivity index (χ0v) is 17.2. The second-order valence-electron chi connectivity index (χ2n) is 8.85. The third kappa shape index (κ3) is 3.82. The summed E-state index contributed by atoms with van der Waals surface area (Å²) < 4.78 is 7.48. The van der Waals surface area contributed by atoms with Gasteiger partial charge in [-0.15, -0.1) is 0 Å². The van der Waals surface area contributed by atoms with Crippen LogP contribution in [0.2, 0.25) is 0 Å². The number of pyridine rings is 1. The van der Waals surface area contributed by atoms with E-state index < -0.39 is 0 Å². The van der Waals surface area contributed by atoms with Crippen molar-refractivity contribution < 1.29 is 9.53 Å². The standard InChI is InChI=1S/C24H29N3O3/c28-23-10-4-8-20-18-12-19(16-26(15-18)14-17-6-2-1-3-7-17)21(27(20)23)13-25-24(29)22-9-5-11-30-22/h1-4,6-8,10,18-19,21-22H,5,9,11-16H2,(H,25,29)/t18-,19+,21+,22-/m1/s1. The van der Waals surface area contributed by atoms with Crippen LogP contribution in [0.4, 0.5) is 0 Å². The lowest BCUT2D eigenvalue weighted by Gasteiger charge is -2.47. The number of benzene rings is 1. The van der Waals surface area contributed by atoms with Crippen LogP contribution in [0.5, 0.6) is 0 Å². The molecule has 5 rings (SSSR count). The number of nitrogens with zero attached hydrogens (tertiary/aromatic N) is 2. The van der Waals surface area contributed by atoms with Gasteiger partial charge in [-0.1, -0.05) is 36.4 Å². The van der Waals surface area contributed by atoms with Crippen molar-refractivity contribution in [1.82, 2.24) is 14.8 Å². The van der Waals surface area contributed by atoms with Gasteiger partial charge in [-0.25, -0.2) is 0 Å². The van der Waals surface area contributed by atoms with Gasteiger partial charge in [0.2, 0.25) is 5.91 Å². The monoisotopic (exact) mass is 407 g/mol. The minimum Gasteiger partial charge on any atom is -0.368 e. The average molecular weight is 408 g/mol. The molecule has 158 valence electrons. The molecule has 2 fully saturated rings. The first kappa shape index (κ1) is 19.5. The number of ether oxygens (including phenoxy) is 1. The molecule has 0 saturated carbocycles. The Morgan fingerprint density at radius 3 is 2.77 bits per heavy atom. The van der Waals surface area contributed by atoms with Crippen LogP contribution in [0.25, 0.3) is 0 Å². The second kappa shape index (κ2) is 8.36. The summed E-state index contributed by atoms with van der Waals surface area (Å²) in [6, 6.07) is 16.1. The number of hydrogen-bond donors (Lipinski definition) is 1. The van der Waals surface area contributed by atoms with Crippen LogP contribution < -0.4 is 10.9 Å². The molecular formula is C24H29N3O3. The molecule has 1 N–H and O–H groups in total. The van der Waals surface area contributed by atoms with E-state index in [-0.39, 0.29) is 23.6 Å². The van der Waals surface area contributed by atoms with Gasteiger partial charge in [0.15, 0.2) is 0 Å². The topological polar surface area (TPSA) is 63.6 Å². The lowest BCUT2D eigenvalue weighted by atomic mass is 9.78. The van der Waals surface area contributed by atoms with E-state index in [0.717, 1.165) is 44.6 Å². The van der Waals surface area contributed by atoms with Crippen molar-refractivity contribution in [3.8, 4) is 0 Å². The molecule has 0 radical (unpaired) electrons. The molecular weight excluding hydrogens is 378 g/mol. The minimum atomic E-state index is -0.339. The Morgan fingerprint density at radius 1 is 1.10 bits per heavy atom. The summed E-state index contributed by atoms with van der Waals surface area (Å²) in [5.41, 5.74) is 2.45. The Bertz CT molecular complexity index is 952. The van der Waals surface area contributed by atoms with Crippen LogP contribution >= 0.6 is 0 Å². The normalized spacial score (nSPS) is 28.1. The van der Waals surface area contributed by atoms with Crippen LogP contribution in [0.1, 0.15) is 42.5 Å². The third-order valence-electron chi connectivity index (χ3n) is 6.83. The number of nitrogens with one attached hydrogen (secondary N) is 1. The van der Waals surface area contributed by atoms with E-state index in [4.69, 9.17) is 4.74 Å². The number of carbonyl (C=O) groups excluding carboxylic acids is 1. The number of carbonyl (C=O) groups is 1. The quantitative estimate of drug-likeness (QED) is 0.826. The number of likely N-dealkylation sites (tertiary alicyclic amines) is 1. The summed E-state index contributed by atoms with van der Waals surface area (Å²) in [5, 5.41) is 3.09. The Balaban J connectivity index is 1.37. The zero-order chi connectivity index (χ0) is 20.5. The van der Waals surface area contributed by atoms with E-state index in [1.54, 1.807) is 6.07 Å². The van der Waals surface area contributed by atoms with Gasteiger partial charge in [0.25, 0.3) is 5.56 Å². The fourth-order valence-corrected chi connectivity index (χ4v) is 5.47. The third-order valence-corrected chi connectivity index (χ3v) is 6.83. The first-order chi connectivity index (χ1) is 14.7. The van der Waals surface area contributed by atoms with Crippen LogP contribution in [0.3, 0.4) is 0 Å². The first-order valence-corrected chi connectivity index (χ1v) is 11.1. The molecule has 2 saturated heterocycles. The largest absolute Gasteiger partial charge is 0.368 e. The lowest BCUT2D eigenvalue weighted by molar-refractivity contribution is -0.130. The summed E-state index contributed by atoms with van der Waals surface area (Å²) in [7, 11) is 0. The summed E-state index contributed by atoms with van der Waals surface area (Å²) in [6.45, 7) is 3.95. The van der Waals surface area contributed by atoms with Crippen molar-refractivity contribution in [1.29, 1.82) is 0 Å². The lowest BCUT2D eigenvalue weighted by Crippen LogP contribution is -2.52. The highest BCUT2D eigenvalue weighted by molar-refractivity contribution is 5.80. The number of hydrogen-bond acceptors (Lipinski definition) is 4. The molecule has 1 aromatic carbocycles. The fourth-order valence-electron chi connectivity index (χ4n) is 5.47. The molecule has 0 unspecified atom stereocenters. The highest BCUT2D eigenvalue weighted by atomic mass is 16.5. The highest BCUT2D eigenvalue weighted by Crippen LogP contribution is 2.41. The number of amides is 1. The van der Waals surface area contributed by atoms with Crippen molar-refractivity contribution in [2.45, 2.75) is 43.9 Å². The number of piperidine rings is 1. The van der Waals surface area contributed by atoms with Gasteiger partial charge in [-0.2, -0.15) is 0 Å². The Hall–Kier alpha value is -2.44. The number of aromatic nitrogens is 1. The predicted molar refractivity (Wildman–Crippen MR) is 114 cm³/mol. The molecule has 30 heavy (non-hydrogen) atoms. The maximum absolute atomic E-state index is 12.8.